The molecule has 2 aromatic rings. The normalized spacial score (nSPS) is 16.8. The summed E-state index contributed by atoms with van der Waals surface area (Å²) in [6, 6.07) is 10.00. The largest absolute Gasteiger partial charge is 0.439 e. The molecule has 2 N–H and O–H groups in total. The van der Waals surface area contributed by atoms with Crippen molar-refractivity contribution < 1.29 is 14.3 Å². The zero-order valence-corrected chi connectivity index (χ0v) is 13.8. The number of nitrogens with zero attached hydrogens (tertiary/aromatic N) is 1. The van der Waals surface area contributed by atoms with Crippen LogP contribution in [-0.2, 0) is 5.75 Å². The number of benzene rings is 1. The molecule has 0 saturated heterocycles. The third kappa shape index (κ3) is 4.36. The quantitative estimate of drug-likeness (QED) is 0.763. The number of carbonyl (C=O) groups excluding carboxylic acids is 1. The monoisotopic (exact) mass is 332 g/mol. The number of hydrogen-bond acceptors (Lipinski definition) is 5. The number of nitrogens with one attached hydrogen (secondary N) is 1. The van der Waals surface area contributed by atoms with E-state index in [2.05, 4.69) is 10.3 Å². The summed E-state index contributed by atoms with van der Waals surface area (Å²) in [5.74, 6) is 0.706. The lowest BCUT2D eigenvalue weighted by atomic mass is 10.0. The van der Waals surface area contributed by atoms with Crippen LogP contribution in [-0.4, -0.2) is 28.1 Å². The maximum Gasteiger partial charge on any atom is 0.273 e. The van der Waals surface area contributed by atoms with E-state index in [0.717, 1.165) is 18.6 Å². The summed E-state index contributed by atoms with van der Waals surface area (Å²) in [7, 11) is 0. The lowest BCUT2D eigenvalue weighted by Crippen LogP contribution is -2.42. The van der Waals surface area contributed by atoms with Gasteiger partial charge in [0.2, 0.25) is 0 Å². The minimum Gasteiger partial charge on any atom is -0.439 e. The Bertz CT molecular complexity index is 665. The van der Waals surface area contributed by atoms with Gasteiger partial charge in [0.05, 0.1) is 5.60 Å². The molecule has 5 nitrogen and oxygen atoms in total. The van der Waals surface area contributed by atoms with Crippen molar-refractivity contribution in [2.45, 2.75) is 36.3 Å². The van der Waals surface area contributed by atoms with Gasteiger partial charge in [0.1, 0.15) is 6.26 Å². The minimum absolute atomic E-state index is 0.232. The summed E-state index contributed by atoms with van der Waals surface area (Å²) in [6.07, 6.45) is 3.40. The maximum absolute atomic E-state index is 12.1. The van der Waals surface area contributed by atoms with Gasteiger partial charge in [0, 0.05) is 12.3 Å². The molecule has 1 atom stereocenters. The second-order valence-corrected chi connectivity index (χ2v) is 7.01. The summed E-state index contributed by atoms with van der Waals surface area (Å²) < 4.78 is 5.33. The Balaban J connectivity index is 1.51. The first-order chi connectivity index (χ1) is 11.0. The fourth-order valence-corrected chi connectivity index (χ4v) is 3.11. The number of hydrogen-bond donors (Lipinski definition) is 2. The van der Waals surface area contributed by atoms with Crippen LogP contribution < -0.4 is 5.32 Å². The third-order valence-electron chi connectivity index (χ3n) is 3.98. The molecule has 1 heterocycles. The first-order valence-electron chi connectivity index (χ1n) is 7.67. The van der Waals surface area contributed by atoms with Gasteiger partial charge in [-0.3, -0.25) is 4.79 Å². The van der Waals surface area contributed by atoms with Gasteiger partial charge < -0.3 is 14.8 Å². The molecule has 1 aliphatic carbocycles. The van der Waals surface area contributed by atoms with Gasteiger partial charge in [0.25, 0.3) is 11.1 Å². The molecule has 1 aromatic carbocycles. The van der Waals surface area contributed by atoms with E-state index >= 15 is 0 Å². The van der Waals surface area contributed by atoms with Crippen molar-refractivity contribution in [3.8, 4) is 0 Å². The summed E-state index contributed by atoms with van der Waals surface area (Å²) in [5.41, 5.74) is 0.568. The maximum atomic E-state index is 12.1. The summed E-state index contributed by atoms with van der Waals surface area (Å²) >= 11 is 1.44. The molecular weight excluding hydrogens is 312 g/mol. The molecule has 1 saturated carbocycles. The molecule has 0 unspecified atom stereocenters. The van der Waals surface area contributed by atoms with Crippen LogP contribution in [0.2, 0.25) is 0 Å². The van der Waals surface area contributed by atoms with Crippen molar-refractivity contribution in [2.75, 3.05) is 6.54 Å². The fourth-order valence-electron chi connectivity index (χ4n) is 2.35. The van der Waals surface area contributed by atoms with E-state index in [1.807, 2.05) is 30.3 Å². The number of aromatic nitrogens is 1. The zero-order valence-electron chi connectivity index (χ0n) is 13.0. The van der Waals surface area contributed by atoms with Gasteiger partial charge in [0.15, 0.2) is 5.69 Å². The molecule has 0 bridgehead atoms. The van der Waals surface area contributed by atoms with Crippen LogP contribution in [0.4, 0.5) is 0 Å². The highest BCUT2D eigenvalue weighted by atomic mass is 32.2. The second kappa shape index (κ2) is 6.76. The van der Waals surface area contributed by atoms with Crippen molar-refractivity contribution in [1.82, 2.24) is 10.3 Å². The number of amides is 1. The van der Waals surface area contributed by atoms with Crippen LogP contribution in [0.15, 0.2) is 46.2 Å². The van der Waals surface area contributed by atoms with Crippen molar-refractivity contribution in [2.24, 2.45) is 5.92 Å². The molecule has 0 spiro atoms. The smallest absolute Gasteiger partial charge is 0.273 e. The molecular formula is C17H20N2O3S. The average molecular weight is 332 g/mol. The van der Waals surface area contributed by atoms with Crippen molar-refractivity contribution in [3.05, 3.63) is 47.9 Å². The SMILES string of the molecule is C[C@@](O)(CNC(=O)c1coc(SCc2ccccc2)n1)C1CC1. The number of rotatable bonds is 7. The average Bonchev–Trinajstić information content (AvgIpc) is 3.32. The summed E-state index contributed by atoms with van der Waals surface area (Å²) in [4.78, 5) is 16.3. The Labute approximate surface area is 139 Å². The Kier molecular flexibility index (Phi) is 4.73. The van der Waals surface area contributed by atoms with Crippen LogP contribution in [0.25, 0.3) is 0 Å². The predicted molar refractivity (Wildman–Crippen MR) is 88.2 cm³/mol. The molecule has 0 radical (unpaired) electrons. The minimum atomic E-state index is -0.843. The van der Waals surface area contributed by atoms with Crippen molar-refractivity contribution >= 4 is 17.7 Å². The van der Waals surface area contributed by atoms with E-state index < -0.39 is 5.60 Å². The fraction of sp³-hybridized carbons (Fsp3) is 0.412. The van der Waals surface area contributed by atoms with Gasteiger partial charge >= 0.3 is 0 Å². The zero-order chi connectivity index (χ0) is 16.3. The highest BCUT2D eigenvalue weighted by molar-refractivity contribution is 7.98. The van der Waals surface area contributed by atoms with Crippen molar-refractivity contribution in [1.29, 1.82) is 0 Å². The molecule has 0 aliphatic heterocycles. The van der Waals surface area contributed by atoms with Gasteiger partial charge in [-0.05, 0) is 31.2 Å². The highest BCUT2D eigenvalue weighted by Crippen LogP contribution is 2.39. The number of aliphatic hydroxyl groups is 1. The molecule has 1 aliphatic rings. The van der Waals surface area contributed by atoms with Crippen LogP contribution in [0.5, 0.6) is 0 Å². The number of thioether (sulfide) groups is 1. The van der Waals surface area contributed by atoms with E-state index in [0.29, 0.717) is 5.22 Å². The molecule has 1 fully saturated rings. The Morgan fingerprint density at radius 3 is 2.87 bits per heavy atom. The van der Waals surface area contributed by atoms with E-state index in [1.54, 1.807) is 6.92 Å². The predicted octanol–water partition coefficient (Wildman–Crippen LogP) is 2.86. The van der Waals surface area contributed by atoms with E-state index in [9.17, 15) is 9.90 Å². The molecule has 6 heteroatoms. The summed E-state index contributed by atoms with van der Waals surface area (Å²) in [5, 5.41) is 13.4. The Morgan fingerprint density at radius 1 is 1.43 bits per heavy atom. The number of carbonyl (C=O) groups is 1. The molecule has 1 amide bonds. The van der Waals surface area contributed by atoms with Gasteiger partial charge in [-0.1, -0.05) is 42.1 Å². The standard InChI is InChI=1S/C17H20N2O3S/c1-17(21,13-7-8-13)11-18-15(20)14-9-22-16(19-14)23-10-12-5-3-2-4-6-12/h2-6,9,13,21H,7-8,10-11H2,1H3,(H,18,20)/t17-/m1/s1. The van der Waals surface area contributed by atoms with Crippen LogP contribution in [0.3, 0.4) is 0 Å². The molecule has 23 heavy (non-hydrogen) atoms. The van der Waals surface area contributed by atoms with Gasteiger partial charge in [-0.25, -0.2) is 0 Å². The second-order valence-electron chi connectivity index (χ2n) is 6.09. The van der Waals surface area contributed by atoms with Crippen LogP contribution in [0, 0.1) is 5.92 Å². The van der Waals surface area contributed by atoms with Crippen LogP contribution in [0.1, 0.15) is 35.8 Å². The first-order valence-corrected chi connectivity index (χ1v) is 8.66. The first kappa shape index (κ1) is 16.1. The highest BCUT2D eigenvalue weighted by Gasteiger charge is 2.40. The third-order valence-corrected chi connectivity index (χ3v) is 4.90. The van der Waals surface area contributed by atoms with Crippen LogP contribution >= 0.6 is 11.8 Å². The van der Waals surface area contributed by atoms with E-state index in [1.165, 1.54) is 23.6 Å². The van der Waals surface area contributed by atoms with Gasteiger partial charge in [-0.15, -0.1) is 0 Å². The number of oxazole rings is 1. The Morgan fingerprint density at radius 2 is 2.17 bits per heavy atom. The van der Waals surface area contributed by atoms with Crippen molar-refractivity contribution in [3.63, 3.8) is 0 Å². The lowest BCUT2D eigenvalue weighted by Gasteiger charge is -2.22. The van der Waals surface area contributed by atoms with E-state index in [4.69, 9.17) is 4.42 Å². The topological polar surface area (TPSA) is 75.4 Å². The summed E-state index contributed by atoms with van der Waals surface area (Å²) in [6.45, 7) is 1.99. The Hall–Kier alpha value is -1.79. The lowest BCUT2D eigenvalue weighted by molar-refractivity contribution is 0.0353. The van der Waals surface area contributed by atoms with Gasteiger partial charge in [-0.2, -0.15) is 4.98 Å². The molecule has 122 valence electrons. The molecule has 1 aromatic heterocycles. The van der Waals surface area contributed by atoms with E-state index in [-0.39, 0.29) is 24.1 Å². The molecule has 3 rings (SSSR count).